The predicted octanol–water partition coefficient (Wildman–Crippen LogP) is 4.37. The van der Waals surface area contributed by atoms with E-state index in [0.717, 1.165) is 41.2 Å². The summed E-state index contributed by atoms with van der Waals surface area (Å²) >= 11 is 0. The number of hydrogen-bond acceptors (Lipinski definition) is 6. The molecular formula is C26H29FN4O3. The molecule has 3 heterocycles. The van der Waals surface area contributed by atoms with Crippen LogP contribution >= 0.6 is 0 Å². The lowest BCUT2D eigenvalue weighted by molar-refractivity contribution is -0.199. The zero-order valence-corrected chi connectivity index (χ0v) is 19.6. The molecule has 2 unspecified atom stereocenters. The van der Waals surface area contributed by atoms with Gasteiger partial charge in [0.2, 0.25) is 0 Å². The molecule has 0 bridgehead atoms. The highest BCUT2D eigenvalue weighted by Gasteiger charge is 2.51. The zero-order valence-electron chi connectivity index (χ0n) is 19.6. The average Bonchev–Trinajstić information content (AvgIpc) is 3.48. The largest absolute Gasteiger partial charge is 0.495 e. The van der Waals surface area contributed by atoms with Gasteiger partial charge < -0.3 is 19.2 Å². The quantitative estimate of drug-likeness (QED) is 0.607. The Labute approximate surface area is 198 Å². The molecule has 0 aliphatic carbocycles. The van der Waals surface area contributed by atoms with Crippen molar-refractivity contribution >= 4 is 5.71 Å². The van der Waals surface area contributed by atoms with E-state index in [1.165, 1.54) is 12.1 Å². The topological polar surface area (TPSA) is 72.1 Å². The van der Waals surface area contributed by atoms with Crippen molar-refractivity contribution in [2.24, 2.45) is 5.16 Å². The predicted molar refractivity (Wildman–Crippen MR) is 127 cm³/mol. The lowest BCUT2D eigenvalue weighted by Gasteiger charge is -2.45. The summed E-state index contributed by atoms with van der Waals surface area (Å²) < 4.78 is 20.9. The monoisotopic (exact) mass is 464 g/mol. The van der Waals surface area contributed by atoms with Crippen LogP contribution in [-0.4, -0.2) is 50.8 Å². The number of hydrogen-bond donors (Lipinski definition) is 1. The number of ether oxygens (including phenoxy) is 1. The second kappa shape index (κ2) is 8.85. The fourth-order valence-electron chi connectivity index (χ4n) is 5.00. The number of nitrogens with zero attached hydrogens (tertiary/aromatic N) is 4. The highest BCUT2D eigenvalue weighted by molar-refractivity contribution is 6.02. The van der Waals surface area contributed by atoms with E-state index in [1.807, 2.05) is 47.7 Å². The third kappa shape index (κ3) is 3.97. The summed E-state index contributed by atoms with van der Waals surface area (Å²) in [4.78, 5) is 12.3. The van der Waals surface area contributed by atoms with Crippen molar-refractivity contribution in [1.29, 1.82) is 0 Å². The fourth-order valence-corrected chi connectivity index (χ4v) is 5.00. The van der Waals surface area contributed by atoms with Crippen LogP contribution in [-0.2, 0) is 4.84 Å². The van der Waals surface area contributed by atoms with Crippen LogP contribution < -0.4 is 4.74 Å². The first-order valence-electron chi connectivity index (χ1n) is 11.5. The van der Waals surface area contributed by atoms with Gasteiger partial charge in [-0.3, -0.25) is 4.90 Å². The van der Waals surface area contributed by atoms with Crippen molar-refractivity contribution in [3.63, 3.8) is 0 Å². The molecule has 0 radical (unpaired) electrons. The molecule has 3 aromatic rings. The number of aliphatic hydroxyl groups excluding tert-OH is 1. The first-order chi connectivity index (χ1) is 16.4. The standard InChI is InChI=1S/C26H29FN4O3/c1-17-15-30(16-28-17)23-10-7-20(13-24(23)33-3)22-14-26(34-29-22)11-4-12-31(25(26)32)18(2)19-5-8-21(27)9-6-19/h5-10,13,15-16,18,25,32H,4,11-12,14H2,1-3H3/t18?,25?,26-/m1/s1. The third-order valence-corrected chi connectivity index (χ3v) is 6.96. The molecule has 1 spiro atoms. The maximum Gasteiger partial charge on any atom is 0.182 e. The van der Waals surface area contributed by atoms with Gasteiger partial charge in [0.15, 0.2) is 11.8 Å². The van der Waals surface area contributed by atoms with Gasteiger partial charge >= 0.3 is 0 Å². The van der Waals surface area contributed by atoms with Crippen molar-refractivity contribution < 1.29 is 19.1 Å². The van der Waals surface area contributed by atoms with Gasteiger partial charge in [0.1, 0.15) is 11.6 Å². The van der Waals surface area contributed by atoms with Gasteiger partial charge in [-0.1, -0.05) is 23.4 Å². The zero-order chi connectivity index (χ0) is 23.9. The number of aliphatic hydroxyl groups is 1. The van der Waals surface area contributed by atoms with Gasteiger partial charge in [-0.05, 0) is 56.5 Å². The first-order valence-corrected chi connectivity index (χ1v) is 11.5. The van der Waals surface area contributed by atoms with Crippen LogP contribution in [0.1, 0.15) is 49.0 Å². The van der Waals surface area contributed by atoms with Crippen LogP contribution in [0.2, 0.25) is 0 Å². The van der Waals surface area contributed by atoms with Crippen LogP contribution in [0.5, 0.6) is 5.75 Å². The van der Waals surface area contributed by atoms with Crippen molar-refractivity contribution in [3.8, 4) is 11.4 Å². The lowest BCUT2D eigenvalue weighted by atomic mass is 9.84. The number of methoxy groups -OCH3 is 1. The molecule has 1 aromatic heterocycles. The van der Waals surface area contributed by atoms with Crippen LogP contribution in [0.25, 0.3) is 5.69 Å². The molecule has 1 fully saturated rings. The number of likely N-dealkylation sites (tertiary alicyclic amines) is 1. The van der Waals surface area contributed by atoms with Crippen LogP contribution in [0, 0.1) is 12.7 Å². The van der Waals surface area contributed by atoms with Crippen molar-refractivity contribution in [2.75, 3.05) is 13.7 Å². The van der Waals surface area contributed by atoms with E-state index in [1.54, 1.807) is 25.6 Å². The van der Waals surface area contributed by atoms with Crippen LogP contribution in [0.15, 0.2) is 60.1 Å². The van der Waals surface area contributed by atoms with E-state index in [4.69, 9.17) is 9.57 Å². The molecule has 0 saturated carbocycles. The minimum Gasteiger partial charge on any atom is -0.495 e. The Kier molecular flexibility index (Phi) is 5.87. The van der Waals surface area contributed by atoms with E-state index in [0.29, 0.717) is 18.6 Å². The maximum absolute atomic E-state index is 13.4. The molecule has 2 aliphatic heterocycles. The number of aryl methyl sites for hydroxylation is 1. The Bertz CT molecular complexity index is 1210. The minimum absolute atomic E-state index is 0.0848. The van der Waals surface area contributed by atoms with Gasteiger partial charge in [-0.2, -0.15) is 0 Å². The summed E-state index contributed by atoms with van der Waals surface area (Å²) in [6.07, 6.45) is 4.93. The Balaban J connectivity index is 1.36. The summed E-state index contributed by atoms with van der Waals surface area (Å²) in [6, 6.07) is 12.3. The van der Waals surface area contributed by atoms with E-state index in [9.17, 15) is 9.50 Å². The Morgan fingerprint density at radius 2 is 2.03 bits per heavy atom. The molecule has 1 N–H and O–H groups in total. The van der Waals surface area contributed by atoms with Crippen LogP contribution in [0.3, 0.4) is 0 Å². The molecule has 178 valence electrons. The smallest absolute Gasteiger partial charge is 0.182 e. The summed E-state index contributed by atoms with van der Waals surface area (Å²) in [5.74, 6) is 0.433. The lowest BCUT2D eigenvalue weighted by Crippen LogP contribution is -2.57. The molecule has 8 heteroatoms. The molecule has 1 saturated heterocycles. The summed E-state index contributed by atoms with van der Waals surface area (Å²) in [6.45, 7) is 4.69. The summed E-state index contributed by atoms with van der Waals surface area (Å²) in [5, 5.41) is 15.8. The molecule has 0 amide bonds. The fraction of sp³-hybridized carbons (Fsp3) is 0.385. The summed E-state index contributed by atoms with van der Waals surface area (Å²) in [7, 11) is 1.64. The molecule has 7 nitrogen and oxygen atoms in total. The van der Waals surface area contributed by atoms with E-state index >= 15 is 0 Å². The van der Waals surface area contributed by atoms with Crippen molar-refractivity contribution in [1.82, 2.24) is 14.5 Å². The molecule has 2 aromatic carbocycles. The molecule has 5 rings (SSSR count). The number of piperidine rings is 1. The van der Waals surface area contributed by atoms with Gasteiger partial charge in [-0.15, -0.1) is 0 Å². The second-order valence-electron chi connectivity index (χ2n) is 9.12. The van der Waals surface area contributed by atoms with Crippen molar-refractivity contribution in [3.05, 3.63) is 77.6 Å². The normalized spacial score (nSPS) is 23.6. The molecular weight excluding hydrogens is 435 g/mol. The number of benzene rings is 2. The van der Waals surface area contributed by atoms with Gasteiger partial charge in [-0.25, -0.2) is 9.37 Å². The molecule has 3 atom stereocenters. The Hall–Kier alpha value is -3.23. The van der Waals surface area contributed by atoms with Gasteiger partial charge in [0.25, 0.3) is 0 Å². The highest BCUT2D eigenvalue weighted by atomic mass is 19.1. The highest BCUT2D eigenvalue weighted by Crippen LogP contribution is 2.42. The molecule has 2 aliphatic rings. The van der Waals surface area contributed by atoms with E-state index < -0.39 is 11.8 Å². The van der Waals surface area contributed by atoms with E-state index in [2.05, 4.69) is 10.1 Å². The number of halogens is 1. The maximum atomic E-state index is 13.4. The minimum atomic E-state index is -0.836. The van der Waals surface area contributed by atoms with Gasteiger partial charge in [0, 0.05) is 30.8 Å². The van der Waals surface area contributed by atoms with E-state index in [-0.39, 0.29) is 11.9 Å². The second-order valence-corrected chi connectivity index (χ2v) is 9.12. The Morgan fingerprint density at radius 3 is 2.74 bits per heavy atom. The van der Waals surface area contributed by atoms with Crippen molar-refractivity contribution in [2.45, 2.75) is 51.0 Å². The molecule has 34 heavy (non-hydrogen) atoms. The SMILES string of the molecule is COc1cc(C2=NO[C@]3(CCCN(C(C)c4ccc(F)cc4)C3O)C2)ccc1-n1cnc(C)c1. The Morgan fingerprint density at radius 1 is 1.24 bits per heavy atom. The van der Waals surface area contributed by atoms with Crippen LogP contribution in [0.4, 0.5) is 4.39 Å². The van der Waals surface area contributed by atoms with Gasteiger partial charge in [0.05, 0.1) is 30.5 Å². The number of rotatable bonds is 5. The average molecular weight is 465 g/mol. The third-order valence-electron chi connectivity index (χ3n) is 6.96. The number of aromatic nitrogens is 2. The number of imidazole rings is 1. The first kappa shape index (κ1) is 22.6. The number of oxime groups is 1. The summed E-state index contributed by atoms with van der Waals surface area (Å²) in [5.41, 5.74) is 3.62.